The molecule has 1 aromatic carbocycles. The van der Waals surface area contributed by atoms with E-state index in [1.165, 1.54) is 11.1 Å². The molecule has 1 aliphatic carbocycles. The Morgan fingerprint density at radius 2 is 1.75 bits per heavy atom. The summed E-state index contributed by atoms with van der Waals surface area (Å²) in [4.78, 5) is 26.4. The molecule has 2 amide bonds. The number of hydrogen-bond acceptors (Lipinski definition) is 3. The second-order valence-electron chi connectivity index (χ2n) is 9.91. The molecule has 0 bridgehead atoms. The topological polar surface area (TPSA) is 58.6 Å². The van der Waals surface area contributed by atoms with Gasteiger partial charge in [0.2, 0.25) is 5.91 Å². The first-order valence-electron chi connectivity index (χ1n) is 10.6. The highest BCUT2D eigenvalue weighted by Crippen LogP contribution is 2.45. The molecular weight excluding hydrogens is 352 g/mol. The van der Waals surface area contributed by atoms with Gasteiger partial charge in [-0.25, -0.2) is 4.79 Å². The minimum Gasteiger partial charge on any atom is -0.444 e. The zero-order chi connectivity index (χ0) is 20.1. The summed E-state index contributed by atoms with van der Waals surface area (Å²) in [7, 11) is 0. The van der Waals surface area contributed by atoms with Crippen molar-refractivity contribution in [2.75, 3.05) is 13.1 Å². The van der Waals surface area contributed by atoms with Crippen LogP contribution in [-0.4, -0.2) is 41.6 Å². The Hall–Kier alpha value is -2.04. The highest BCUT2D eigenvalue weighted by Gasteiger charge is 2.57. The van der Waals surface area contributed by atoms with Crippen molar-refractivity contribution in [1.82, 2.24) is 10.2 Å². The number of alkyl carbamates (subject to hydrolysis) is 1. The number of cyclic esters (lactones) is 1. The first kappa shape index (κ1) is 19.3. The average Bonchev–Trinajstić information content (AvgIpc) is 2.93. The summed E-state index contributed by atoms with van der Waals surface area (Å²) >= 11 is 0. The molecule has 0 aromatic heterocycles. The number of hydrogen-bond donors (Lipinski definition) is 1. The molecule has 28 heavy (non-hydrogen) atoms. The summed E-state index contributed by atoms with van der Waals surface area (Å²) in [5.41, 5.74) is 2.61. The lowest BCUT2D eigenvalue weighted by Gasteiger charge is -2.47. The largest absolute Gasteiger partial charge is 0.444 e. The maximum atomic E-state index is 12.9. The summed E-state index contributed by atoms with van der Waals surface area (Å²) in [5.74, 6) is 0.806. The minimum atomic E-state index is -0.350. The molecule has 152 valence electrons. The van der Waals surface area contributed by atoms with Crippen LogP contribution in [-0.2, 0) is 14.9 Å². The maximum absolute atomic E-state index is 12.9. The van der Waals surface area contributed by atoms with E-state index < -0.39 is 0 Å². The Morgan fingerprint density at radius 1 is 1.14 bits per heavy atom. The lowest BCUT2D eigenvalue weighted by molar-refractivity contribution is -0.143. The molecule has 4 rings (SSSR count). The van der Waals surface area contributed by atoms with Gasteiger partial charge in [-0.05, 0) is 55.1 Å². The number of carbonyl (C=O) groups excluding carboxylic acids is 2. The van der Waals surface area contributed by atoms with Crippen molar-refractivity contribution >= 4 is 12.0 Å². The van der Waals surface area contributed by atoms with E-state index in [0.29, 0.717) is 18.8 Å². The molecule has 2 aliphatic heterocycles. The van der Waals surface area contributed by atoms with Crippen molar-refractivity contribution in [2.24, 2.45) is 5.92 Å². The van der Waals surface area contributed by atoms with Crippen LogP contribution >= 0.6 is 0 Å². The first-order valence-corrected chi connectivity index (χ1v) is 10.6. The molecule has 2 saturated heterocycles. The van der Waals surface area contributed by atoms with Gasteiger partial charge in [0.15, 0.2) is 0 Å². The van der Waals surface area contributed by atoms with E-state index >= 15 is 0 Å². The molecule has 3 aliphatic rings. The first-order chi connectivity index (χ1) is 13.2. The smallest absolute Gasteiger partial charge is 0.408 e. The number of benzene rings is 1. The van der Waals surface area contributed by atoms with E-state index in [4.69, 9.17) is 4.74 Å². The lowest BCUT2D eigenvalue weighted by Crippen LogP contribution is -2.61. The van der Waals surface area contributed by atoms with Gasteiger partial charge in [-0.2, -0.15) is 0 Å². The second kappa shape index (κ2) is 6.78. The molecule has 0 radical (unpaired) electrons. The third-order valence-corrected chi connectivity index (χ3v) is 7.04. The normalized spacial score (nSPS) is 30.7. The van der Waals surface area contributed by atoms with E-state index in [2.05, 4.69) is 50.4 Å². The molecule has 1 spiro atoms. The van der Waals surface area contributed by atoms with Gasteiger partial charge in [0, 0.05) is 19.0 Å². The van der Waals surface area contributed by atoms with Crippen molar-refractivity contribution in [2.45, 2.75) is 76.4 Å². The van der Waals surface area contributed by atoms with Gasteiger partial charge in [0.05, 0.1) is 5.54 Å². The van der Waals surface area contributed by atoms with Crippen LogP contribution in [0.15, 0.2) is 24.3 Å². The number of nitrogens with zero attached hydrogens (tertiary/aromatic N) is 1. The molecule has 2 heterocycles. The fraction of sp³-hybridized carbons (Fsp3) is 0.652. The predicted molar refractivity (Wildman–Crippen MR) is 108 cm³/mol. The van der Waals surface area contributed by atoms with Crippen LogP contribution < -0.4 is 5.32 Å². The molecule has 5 nitrogen and oxygen atoms in total. The molecule has 0 unspecified atom stereocenters. The highest BCUT2D eigenvalue weighted by molar-refractivity contribution is 5.82. The van der Waals surface area contributed by atoms with Crippen molar-refractivity contribution < 1.29 is 14.3 Å². The number of carbonyl (C=O) groups is 2. The monoisotopic (exact) mass is 384 g/mol. The van der Waals surface area contributed by atoms with Crippen LogP contribution in [0.4, 0.5) is 4.79 Å². The molecule has 1 saturated carbocycles. The Morgan fingerprint density at radius 3 is 2.25 bits per heavy atom. The third kappa shape index (κ3) is 3.40. The Kier molecular flexibility index (Phi) is 4.67. The predicted octanol–water partition coefficient (Wildman–Crippen LogP) is 3.97. The zero-order valence-corrected chi connectivity index (χ0v) is 17.5. The SMILES string of the molecule is C[C@H]1OC(=O)N[C@]12C[C@@H](C(=O)N1CCC(c3ccc(C(C)(C)C)cc3)CC1)C2. The summed E-state index contributed by atoms with van der Waals surface area (Å²) in [6, 6.07) is 9.03. The van der Waals surface area contributed by atoms with Crippen LogP contribution in [0.2, 0.25) is 0 Å². The third-order valence-electron chi connectivity index (χ3n) is 7.04. The number of likely N-dealkylation sites (tertiary alicyclic amines) is 1. The average molecular weight is 385 g/mol. The Labute approximate surface area is 167 Å². The number of amides is 2. The maximum Gasteiger partial charge on any atom is 0.408 e. The number of nitrogens with one attached hydrogen (secondary N) is 1. The van der Waals surface area contributed by atoms with E-state index in [9.17, 15) is 9.59 Å². The van der Waals surface area contributed by atoms with Crippen LogP contribution in [0.5, 0.6) is 0 Å². The Balaban J connectivity index is 1.30. The molecule has 1 atom stereocenters. The fourth-order valence-electron chi connectivity index (χ4n) is 4.98. The molecule has 1 N–H and O–H groups in total. The van der Waals surface area contributed by atoms with Crippen LogP contribution in [0.3, 0.4) is 0 Å². The van der Waals surface area contributed by atoms with Crippen molar-refractivity contribution in [1.29, 1.82) is 0 Å². The number of ether oxygens (including phenoxy) is 1. The zero-order valence-electron chi connectivity index (χ0n) is 17.5. The van der Waals surface area contributed by atoms with Gasteiger partial charge in [0.25, 0.3) is 0 Å². The van der Waals surface area contributed by atoms with E-state index in [-0.39, 0.29) is 35.0 Å². The molecular formula is C23H32N2O3. The van der Waals surface area contributed by atoms with Gasteiger partial charge in [0.1, 0.15) is 6.10 Å². The van der Waals surface area contributed by atoms with Gasteiger partial charge in [-0.1, -0.05) is 45.0 Å². The Bertz CT molecular complexity index is 751. The fourth-order valence-corrected chi connectivity index (χ4v) is 4.98. The summed E-state index contributed by atoms with van der Waals surface area (Å²) < 4.78 is 5.21. The summed E-state index contributed by atoms with van der Waals surface area (Å²) in [6.07, 6.45) is 2.95. The van der Waals surface area contributed by atoms with Crippen LogP contribution in [0, 0.1) is 5.92 Å². The van der Waals surface area contributed by atoms with Crippen LogP contribution in [0.25, 0.3) is 0 Å². The quantitative estimate of drug-likeness (QED) is 0.839. The summed E-state index contributed by atoms with van der Waals surface area (Å²) in [6.45, 7) is 10.3. The number of rotatable bonds is 2. The van der Waals surface area contributed by atoms with Gasteiger partial charge >= 0.3 is 6.09 Å². The van der Waals surface area contributed by atoms with Gasteiger partial charge in [-0.3, -0.25) is 4.79 Å². The molecule has 5 heteroatoms. The van der Waals surface area contributed by atoms with Crippen molar-refractivity contribution in [3.05, 3.63) is 35.4 Å². The van der Waals surface area contributed by atoms with E-state index in [0.717, 1.165) is 25.9 Å². The van der Waals surface area contributed by atoms with E-state index in [1.54, 1.807) is 0 Å². The second-order valence-corrected chi connectivity index (χ2v) is 9.91. The van der Waals surface area contributed by atoms with Gasteiger partial charge < -0.3 is 15.0 Å². The standard InChI is InChI=1S/C23H32N2O3/c1-15-23(24-21(27)28-15)13-18(14-23)20(26)25-11-9-17(10-12-25)16-5-7-19(8-6-16)22(2,3)4/h5-8,15,17-18H,9-14H2,1-4H3,(H,24,27)/t15-,18-,23+/m1/s1. The highest BCUT2D eigenvalue weighted by atomic mass is 16.6. The lowest BCUT2D eigenvalue weighted by atomic mass is 9.65. The van der Waals surface area contributed by atoms with Crippen molar-refractivity contribution in [3.8, 4) is 0 Å². The van der Waals surface area contributed by atoms with E-state index in [1.807, 2.05) is 11.8 Å². The summed E-state index contributed by atoms with van der Waals surface area (Å²) in [5, 5.41) is 2.92. The minimum absolute atomic E-state index is 0.0204. The van der Waals surface area contributed by atoms with Crippen molar-refractivity contribution in [3.63, 3.8) is 0 Å². The van der Waals surface area contributed by atoms with Crippen LogP contribution in [0.1, 0.15) is 70.4 Å². The van der Waals surface area contributed by atoms with Gasteiger partial charge in [-0.15, -0.1) is 0 Å². The molecule has 3 fully saturated rings. The molecule has 1 aromatic rings. The number of piperidine rings is 1.